The van der Waals surface area contributed by atoms with Gasteiger partial charge in [0.05, 0.1) is 16.7 Å². The van der Waals surface area contributed by atoms with Crippen LogP contribution in [0.1, 0.15) is 18.4 Å². The van der Waals surface area contributed by atoms with Gasteiger partial charge in [0, 0.05) is 25.8 Å². The van der Waals surface area contributed by atoms with Crippen LogP contribution in [0.4, 0.5) is 33.5 Å². The molecule has 176 valence electrons. The zero-order valence-corrected chi connectivity index (χ0v) is 19.4. The van der Waals surface area contributed by atoms with Gasteiger partial charge in [-0.25, -0.2) is 15.0 Å². The maximum absolute atomic E-state index is 14.3. The third-order valence-electron chi connectivity index (χ3n) is 5.13. The minimum atomic E-state index is -4.63. The van der Waals surface area contributed by atoms with Crippen molar-refractivity contribution in [3.63, 3.8) is 0 Å². The number of halogens is 6. The molecule has 0 saturated carbocycles. The maximum Gasteiger partial charge on any atom is 0.417 e. The number of nitrogens with one attached hydrogen (secondary N) is 1. The van der Waals surface area contributed by atoms with Crippen LogP contribution >= 0.6 is 34.5 Å². The van der Waals surface area contributed by atoms with Crippen molar-refractivity contribution in [2.45, 2.75) is 25.1 Å². The van der Waals surface area contributed by atoms with Crippen LogP contribution in [0.15, 0.2) is 24.5 Å². The fourth-order valence-electron chi connectivity index (χ4n) is 3.51. The summed E-state index contributed by atoms with van der Waals surface area (Å²) in [6.45, 7) is 1.21. The van der Waals surface area contributed by atoms with Crippen LogP contribution in [-0.4, -0.2) is 41.3 Å². The minimum absolute atomic E-state index is 0.0285. The molecular formula is C20H17Cl2F4N5OS. The molecule has 0 aliphatic carbocycles. The fourth-order valence-corrected chi connectivity index (χ4v) is 4.89. The molecule has 6 nitrogen and oxygen atoms in total. The van der Waals surface area contributed by atoms with E-state index in [0.29, 0.717) is 23.8 Å². The van der Waals surface area contributed by atoms with Crippen molar-refractivity contribution in [3.8, 4) is 11.3 Å². The Kier molecular flexibility index (Phi) is 6.94. The molecule has 1 N–H and O–H groups in total. The number of nitrogens with zero attached hydrogens (tertiary/aromatic N) is 4. The largest absolute Gasteiger partial charge is 0.417 e. The molecule has 0 radical (unpaired) electrons. The quantitative estimate of drug-likeness (QED) is 0.308. The van der Waals surface area contributed by atoms with Crippen LogP contribution in [0.5, 0.6) is 0 Å². The topological polar surface area (TPSA) is 63.2 Å². The molecule has 1 aliphatic heterocycles. The Morgan fingerprint density at radius 1 is 1.24 bits per heavy atom. The highest BCUT2D eigenvalue weighted by Crippen LogP contribution is 2.43. The van der Waals surface area contributed by atoms with Gasteiger partial charge >= 0.3 is 6.18 Å². The van der Waals surface area contributed by atoms with Gasteiger partial charge in [-0.05, 0) is 25.0 Å². The molecule has 33 heavy (non-hydrogen) atoms. The number of hydrogen-bond donors (Lipinski definition) is 1. The van der Waals surface area contributed by atoms with Crippen LogP contribution in [0.25, 0.3) is 11.3 Å². The molecule has 0 unspecified atom stereocenters. The lowest BCUT2D eigenvalue weighted by molar-refractivity contribution is -0.137. The molecule has 0 amide bonds. The van der Waals surface area contributed by atoms with E-state index >= 15 is 0 Å². The number of hydrogen-bond acceptors (Lipinski definition) is 7. The third-order valence-corrected chi connectivity index (χ3v) is 6.75. The molecule has 1 saturated heterocycles. The summed E-state index contributed by atoms with van der Waals surface area (Å²) in [6.07, 6.45) is -1.86. The summed E-state index contributed by atoms with van der Waals surface area (Å²) in [5, 5.41) is 2.84. The molecule has 13 heteroatoms. The number of thiazole rings is 1. The van der Waals surface area contributed by atoms with E-state index < -0.39 is 22.6 Å². The first-order chi connectivity index (χ1) is 15.7. The Bertz CT molecular complexity index is 1160. The van der Waals surface area contributed by atoms with E-state index in [9.17, 15) is 17.6 Å². The van der Waals surface area contributed by atoms with Crippen molar-refractivity contribution in [3.05, 3.63) is 46.1 Å². The molecule has 1 atom stereocenters. The van der Waals surface area contributed by atoms with Gasteiger partial charge in [-0.1, -0.05) is 40.6 Å². The highest BCUT2D eigenvalue weighted by molar-refractivity contribution is 7.20. The van der Waals surface area contributed by atoms with E-state index in [1.165, 1.54) is 12.1 Å². The van der Waals surface area contributed by atoms with Crippen molar-refractivity contribution in [2.24, 2.45) is 0 Å². The monoisotopic (exact) mass is 521 g/mol. The summed E-state index contributed by atoms with van der Waals surface area (Å²) >= 11 is 12.7. The molecule has 0 bridgehead atoms. The number of ether oxygens (including phenoxy) is 1. The summed E-state index contributed by atoms with van der Waals surface area (Å²) in [7, 11) is 1.62. The number of benzene rings is 1. The lowest BCUT2D eigenvalue weighted by atomic mass is 10.1. The van der Waals surface area contributed by atoms with Gasteiger partial charge in [0.1, 0.15) is 17.0 Å². The van der Waals surface area contributed by atoms with Gasteiger partial charge in [-0.15, -0.1) is 0 Å². The molecular weight excluding hydrogens is 505 g/mol. The average Bonchev–Trinajstić information content (AvgIpc) is 3.20. The Morgan fingerprint density at radius 3 is 2.76 bits per heavy atom. The van der Waals surface area contributed by atoms with Crippen LogP contribution in [0, 0.1) is 5.82 Å². The van der Waals surface area contributed by atoms with E-state index in [2.05, 4.69) is 20.3 Å². The van der Waals surface area contributed by atoms with Crippen molar-refractivity contribution in [2.75, 3.05) is 30.4 Å². The number of rotatable bonds is 5. The molecule has 2 aromatic heterocycles. The summed E-state index contributed by atoms with van der Waals surface area (Å²) in [5.41, 5.74) is -0.425. The molecule has 3 heterocycles. The smallest absolute Gasteiger partial charge is 0.380 e. The zero-order valence-electron chi connectivity index (χ0n) is 17.1. The predicted octanol–water partition coefficient (Wildman–Crippen LogP) is 6.42. The highest BCUT2D eigenvalue weighted by atomic mass is 35.5. The number of alkyl halides is 3. The second-order valence-electron chi connectivity index (χ2n) is 7.26. The first-order valence-corrected chi connectivity index (χ1v) is 11.3. The number of piperidine rings is 1. The molecule has 3 aromatic rings. The van der Waals surface area contributed by atoms with Crippen LogP contribution < -0.4 is 10.2 Å². The van der Waals surface area contributed by atoms with Crippen molar-refractivity contribution < 1.29 is 22.3 Å². The number of anilines is 3. The zero-order chi connectivity index (χ0) is 23.8. The SMILES string of the molecule is CO[C@H]1CCCN(c2sc(Nc3ncnc(Cl)c3F)nc2-c2ccc(Cl)c(C(F)(F)F)c2)C1. The lowest BCUT2D eigenvalue weighted by Gasteiger charge is -2.33. The normalized spacial score (nSPS) is 16.8. The Morgan fingerprint density at radius 2 is 2.03 bits per heavy atom. The van der Waals surface area contributed by atoms with Crippen molar-refractivity contribution in [1.29, 1.82) is 0 Å². The Labute approximate surface area is 200 Å². The molecule has 1 aromatic carbocycles. The maximum atomic E-state index is 14.3. The first-order valence-electron chi connectivity index (χ1n) is 9.76. The van der Waals surface area contributed by atoms with Crippen LogP contribution in [0.2, 0.25) is 10.2 Å². The summed E-state index contributed by atoms with van der Waals surface area (Å²) in [5.74, 6) is -1.05. The van der Waals surface area contributed by atoms with Crippen LogP contribution in [0.3, 0.4) is 0 Å². The van der Waals surface area contributed by atoms with E-state index in [1.54, 1.807) is 7.11 Å². The third kappa shape index (κ3) is 5.16. The number of methoxy groups -OCH3 is 1. The molecule has 4 rings (SSSR count). The Hall–Kier alpha value is -2.21. The van der Waals surface area contributed by atoms with Gasteiger partial charge in [-0.3, -0.25) is 0 Å². The second-order valence-corrected chi connectivity index (χ2v) is 9.01. The van der Waals surface area contributed by atoms with Crippen molar-refractivity contribution in [1.82, 2.24) is 15.0 Å². The first kappa shape index (κ1) is 23.9. The van der Waals surface area contributed by atoms with E-state index in [0.717, 1.165) is 36.6 Å². The summed E-state index contributed by atoms with van der Waals surface area (Å²) < 4.78 is 60.2. The minimum Gasteiger partial charge on any atom is -0.380 e. The predicted molar refractivity (Wildman–Crippen MR) is 120 cm³/mol. The van der Waals surface area contributed by atoms with E-state index in [-0.39, 0.29) is 27.8 Å². The van der Waals surface area contributed by atoms with Gasteiger partial charge in [0.15, 0.2) is 16.1 Å². The van der Waals surface area contributed by atoms with Gasteiger partial charge in [-0.2, -0.15) is 17.6 Å². The Balaban J connectivity index is 1.79. The fraction of sp³-hybridized carbons (Fsp3) is 0.350. The summed E-state index contributed by atoms with van der Waals surface area (Å²) in [6, 6.07) is 3.62. The van der Waals surface area contributed by atoms with E-state index in [4.69, 9.17) is 27.9 Å². The van der Waals surface area contributed by atoms with Gasteiger partial charge in [0.25, 0.3) is 0 Å². The highest BCUT2D eigenvalue weighted by Gasteiger charge is 2.34. The summed E-state index contributed by atoms with van der Waals surface area (Å²) in [4.78, 5) is 13.9. The van der Waals surface area contributed by atoms with Crippen molar-refractivity contribution >= 4 is 50.5 Å². The van der Waals surface area contributed by atoms with Gasteiger partial charge < -0.3 is 15.0 Å². The molecule has 1 fully saturated rings. The molecule has 0 spiro atoms. The van der Waals surface area contributed by atoms with E-state index in [1.807, 2.05) is 4.90 Å². The standard InChI is InChI=1S/C20H17Cl2F4N5OS/c1-32-11-3-2-6-31(8-11)18-15(10-4-5-13(21)12(7-10)20(24,25)26)29-19(33-18)30-17-14(23)16(22)27-9-28-17/h4-5,7,9,11H,2-3,6,8H2,1H3,(H,27,28,29,30)/t11-/m0/s1. The van der Waals surface area contributed by atoms with Gasteiger partial charge in [0.2, 0.25) is 5.82 Å². The molecule has 1 aliphatic rings. The number of aromatic nitrogens is 3. The average molecular weight is 522 g/mol. The van der Waals surface area contributed by atoms with Crippen LogP contribution in [-0.2, 0) is 10.9 Å². The second kappa shape index (κ2) is 9.57. The lowest BCUT2D eigenvalue weighted by Crippen LogP contribution is -2.39.